The molecule has 6 heteroatoms. The number of hydrogen-bond donors (Lipinski definition) is 1. The molecule has 0 amide bonds. The largest absolute Gasteiger partial charge is 0.481 e. The van der Waals surface area contributed by atoms with E-state index in [-0.39, 0.29) is 24.5 Å². The van der Waals surface area contributed by atoms with Crippen LogP contribution in [-0.2, 0) is 23.9 Å². The van der Waals surface area contributed by atoms with E-state index in [1.54, 1.807) is 0 Å². The maximum atomic E-state index is 13.1. The molecule has 0 aromatic heterocycles. The van der Waals surface area contributed by atoms with E-state index in [0.717, 1.165) is 70.6 Å². The van der Waals surface area contributed by atoms with Crippen LogP contribution in [-0.4, -0.2) is 35.2 Å². The molecule has 0 saturated carbocycles. The lowest BCUT2D eigenvalue weighted by atomic mass is 9.98. The van der Waals surface area contributed by atoms with Gasteiger partial charge in [0.25, 0.3) is 0 Å². The highest BCUT2D eigenvalue weighted by Crippen LogP contribution is 2.23. The summed E-state index contributed by atoms with van der Waals surface area (Å²) in [6.07, 6.45) is 34.8. The molecule has 0 radical (unpaired) electrons. The molecule has 2 unspecified atom stereocenters. The van der Waals surface area contributed by atoms with Crippen molar-refractivity contribution in [3.63, 3.8) is 0 Å². The van der Waals surface area contributed by atoms with Gasteiger partial charge in [0.05, 0.1) is 0 Å². The van der Waals surface area contributed by atoms with Crippen LogP contribution < -0.4 is 0 Å². The van der Waals surface area contributed by atoms with Gasteiger partial charge in [0, 0.05) is 19.3 Å². The van der Waals surface area contributed by atoms with Crippen LogP contribution in [0.5, 0.6) is 0 Å². The summed E-state index contributed by atoms with van der Waals surface area (Å²) in [6, 6.07) is 0. The monoisotopic (exact) mass is 681 g/mol. The predicted molar refractivity (Wildman–Crippen MR) is 201 cm³/mol. The van der Waals surface area contributed by atoms with Gasteiger partial charge in [0.2, 0.25) is 0 Å². The van der Waals surface area contributed by atoms with Crippen LogP contribution in [0.15, 0.2) is 0 Å². The minimum absolute atomic E-state index is 0.150. The van der Waals surface area contributed by atoms with Crippen molar-refractivity contribution in [1.82, 2.24) is 0 Å². The Hall–Kier alpha value is -1.59. The summed E-state index contributed by atoms with van der Waals surface area (Å²) in [6.45, 7) is 6.72. The number of carbonyl (C=O) groups is 3. The third-order valence-corrected chi connectivity index (χ3v) is 9.67. The van der Waals surface area contributed by atoms with Gasteiger partial charge in [-0.2, -0.15) is 0 Å². The lowest BCUT2D eigenvalue weighted by molar-refractivity contribution is -0.169. The van der Waals surface area contributed by atoms with E-state index >= 15 is 0 Å². The smallest absolute Gasteiger partial charge is 0.306 e. The molecule has 0 spiro atoms. The topological polar surface area (TPSA) is 89.9 Å². The Morgan fingerprint density at radius 2 is 0.625 bits per heavy atom. The van der Waals surface area contributed by atoms with Crippen molar-refractivity contribution < 1.29 is 29.0 Å². The Balaban J connectivity index is 5.04. The number of carboxylic acids is 1. The number of carboxylic acid groups (broad SMARTS) is 1. The molecule has 0 saturated heterocycles. The average Bonchev–Trinajstić information content (AvgIpc) is 3.06. The summed E-state index contributed by atoms with van der Waals surface area (Å²) in [5.41, 5.74) is 0. The number of carbonyl (C=O) groups excluding carboxylic acids is 2. The van der Waals surface area contributed by atoms with Crippen LogP contribution in [0, 0.1) is 0 Å². The average molecular weight is 681 g/mol. The predicted octanol–water partition coefficient (Wildman–Crippen LogP) is 13.2. The molecule has 0 rings (SSSR count). The van der Waals surface area contributed by atoms with Gasteiger partial charge in [-0.05, 0) is 44.9 Å². The fourth-order valence-electron chi connectivity index (χ4n) is 6.53. The van der Waals surface area contributed by atoms with Crippen LogP contribution in [0.25, 0.3) is 0 Å². The van der Waals surface area contributed by atoms with E-state index in [0.29, 0.717) is 25.7 Å². The van der Waals surface area contributed by atoms with E-state index in [1.807, 2.05) is 0 Å². The maximum Gasteiger partial charge on any atom is 0.306 e. The molecule has 0 fully saturated rings. The van der Waals surface area contributed by atoms with Crippen molar-refractivity contribution in [2.45, 2.75) is 251 Å². The summed E-state index contributed by atoms with van der Waals surface area (Å²) in [5, 5.41) is 8.92. The Labute approximate surface area is 297 Å². The Morgan fingerprint density at radius 1 is 0.375 bits per heavy atom. The first-order valence-corrected chi connectivity index (χ1v) is 21.0. The van der Waals surface area contributed by atoms with Crippen LogP contribution in [0.1, 0.15) is 239 Å². The summed E-state index contributed by atoms with van der Waals surface area (Å²) < 4.78 is 12.3. The quantitative estimate of drug-likeness (QED) is 0.0515. The van der Waals surface area contributed by atoms with Crippen LogP contribution in [0.2, 0.25) is 0 Å². The van der Waals surface area contributed by atoms with Gasteiger partial charge < -0.3 is 14.6 Å². The first-order chi connectivity index (χ1) is 23.4. The van der Waals surface area contributed by atoms with E-state index in [1.165, 1.54) is 116 Å². The number of hydrogen-bond acceptors (Lipinski definition) is 5. The van der Waals surface area contributed by atoms with Gasteiger partial charge in [-0.25, -0.2) is 0 Å². The first-order valence-electron chi connectivity index (χ1n) is 21.0. The van der Waals surface area contributed by atoms with Crippen molar-refractivity contribution >= 4 is 17.9 Å². The highest BCUT2D eigenvalue weighted by atomic mass is 16.6. The van der Waals surface area contributed by atoms with Gasteiger partial charge in [-0.3, -0.25) is 14.4 Å². The fraction of sp³-hybridized carbons (Fsp3) is 0.929. The minimum Gasteiger partial charge on any atom is -0.481 e. The van der Waals surface area contributed by atoms with Gasteiger partial charge in [-0.15, -0.1) is 0 Å². The second-order valence-electron chi connectivity index (χ2n) is 14.5. The van der Waals surface area contributed by atoms with E-state index in [9.17, 15) is 14.4 Å². The van der Waals surface area contributed by atoms with Crippen molar-refractivity contribution in [3.05, 3.63) is 0 Å². The van der Waals surface area contributed by atoms with Crippen molar-refractivity contribution in [3.8, 4) is 0 Å². The van der Waals surface area contributed by atoms with E-state index in [2.05, 4.69) is 20.8 Å². The van der Waals surface area contributed by atoms with Gasteiger partial charge in [0.15, 0.2) is 0 Å². The highest BCUT2D eigenvalue weighted by Gasteiger charge is 2.28. The number of aliphatic carboxylic acids is 1. The summed E-state index contributed by atoms with van der Waals surface area (Å²) in [7, 11) is 0. The standard InChI is InChI=1S/C42H80O6/c1-4-7-10-13-16-18-20-26-31-36-41(45)47-38(33-28-23-15-12-9-6-3)39(34-29-24-22-25-30-35-40(43)44)48-42(46)37-32-27-21-19-17-14-11-8-5-2/h38-39H,4-37H2,1-3H3,(H,43,44). The number of ether oxygens (including phenoxy) is 2. The summed E-state index contributed by atoms with van der Waals surface area (Å²) in [4.78, 5) is 37.0. The maximum absolute atomic E-state index is 13.1. The molecular formula is C42H80O6. The second kappa shape index (κ2) is 36.7. The number of unbranched alkanes of at least 4 members (excludes halogenated alkanes) is 25. The third kappa shape index (κ3) is 32.9. The van der Waals surface area contributed by atoms with Crippen molar-refractivity contribution in [2.75, 3.05) is 0 Å². The molecule has 0 bridgehead atoms. The molecule has 0 aliphatic rings. The minimum atomic E-state index is -0.740. The van der Waals surface area contributed by atoms with Crippen LogP contribution in [0.3, 0.4) is 0 Å². The number of rotatable bonds is 38. The lowest BCUT2D eigenvalue weighted by Crippen LogP contribution is -2.35. The molecule has 0 aromatic rings. The Bertz CT molecular complexity index is 723. The lowest BCUT2D eigenvalue weighted by Gasteiger charge is -2.27. The molecule has 2 atom stereocenters. The van der Waals surface area contributed by atoms with Gasteiger partial charge in [-0.1, -0.05) is 175 Å². The second-order valence-corrected chi connectivity index (χ2v) is 14.5. The molecule has 6 nitrogen and oxygen atoms in total. The van der Waals surface area contributed by atoms with Gasteiger partial charge >= 0.3 is 17.9 Å². The molecule has 48 heavy (non-hydrogen) atoms. The Morgan fingerprint density at radius 3 is 0.917 bits per heavy atom. The molecule has 284 valence electrons. The molecule has 0 aromatic carbocycles. The zero-order chi connectivity index (χ0) is 35.3. The van der Waals surface area contributed by atoms with Gasteiger partial charge in [0.1, 0.15) is 12.2 Å². The molecule has 0 aliphatic carbocycles. The zero-order valence-electron chi connectivity index (χ0n) is 32.2. The summed E-state index contributed by atoms with van der Waals surface area (Å²) in [5.74, 6) is -1.05. The zero-order valence-corrected chi connectivity index (χ0v) is 32.2. The molecular weight excluding hydrogens is 600 g/mol. The third-order valence-electron chi connectivity index (χ3n) is 9.67. The highest BCUT2D eigenvalue weighted by molar-refractivity contribution is 5.70. The normalized spacial score (nSPS) is 12.6. The molecule has 0 aliphatic heterocycles. The van der Waals surface area contributed by atoms with Crippen LogP contribution in [0.4, 0.5) is 0 Å². The summed E-state index contributed by atoms with van der Waals surface area (Å²) >= 11 is 0. The van der Waals surface area contributed by atoms with Crippen LogP contribution >= 0.6 is 0 Å². The molecule has 1 N–H and O–H groups in total. The number of esters is 2. The van der Waals surface area contributed by atoms with E-state index in [4.69, 9.17) is 14.6 Å². The molecule has 0 heterocycles. The van der Waals surface area contributed by atoms with E-state index < -0.39 is 12.1 Å². The fourth-order valence-corrected chi connectivity index (χ4v) is 6.53. The van der Waals surface area contributed by atoms with Crippen molar-refractivity contribution in [2.24, 2.45) is 0 Å². The van der Waals surface area contributed by atoms with Crippen molar-refractivity contribution in [1.29, 1.82) is 0 Å². The SMILES string of the molecule is CCCCCCCCCCCC(=O)OC(CCCCCCCC)C(CCCCCCCC(=O)O)OC(=O)CCCCCCCCCCC. The Kier molecular flexibility index (Phi) is 35.5. The first kappa shape index (κ1) is 46.4.